The van der Waals surface area contributed by atoms with Gasteiger partial charge < -0.3 is 54.0 Å². The van der Waals surface area contributed by atoms with Gasteiger partial charge in [-0.2, -0.15) is 0 Å². The number of aromatic hydroxyl groups is 1. The van der Waals surface area contributed by atoms with Crippen molar-refractivity contribution in [2.75, 3.05) is 33.7 Å². The summed E-state index contributed by atoms with van der Waals surface area (Å²) in [6.07, 6.45) is -6.57. The van der Waals surface area contributed by atoms with Gasteiger partial charge in [-0.05, 0) is 47.7 Å². The molecule has 202 valence electrons. The molecule has 8 atom stereocenters. The number of hydrogen-bond acceptors (Lipinski definition) is 11. The van der Waals surface area contributed by atoms with Crippen molar-refractivity contribution in [1.82, 2.24) is 0 Å². The molecule has 2 aromatic carbocycles. The molecule has 3 aliphatic rings. The Hall–Kier alpha value is -2.64. The highest BCUT2D eigenvalue weighted by molar-refractivity contribution is 5.45. The summed E-state index contributed by atoms with van der Waals surface area (Å²) in [4.78, 5) is 0. The summed E-state index contributed by atoms with van der Waals surface area (Å²) in [6, 6.07) is 10.8. The van der Waals surface area contributed by atoms with Gasteiger partial charge >= 0.3 is 0 Å². The standard InChI is InChI=1S/C26H32O11/c1-32-19-7-13(2-4-17(19)28)6-15-10-33-25(14-3-5-18-20(8-14)36-12-35-18)16(15)11-34-26-24(31)23(30)22(29)21(9-27)37-26/h2-5,7-8,15-16,21-31H,6,9-12H2,1H3/t15-,16+,21-,22-,23+,24-,25-,26-/m1/s1. The largest absolute Gasteiger partial charge is 0.504 e. The molecule has 2 fully saturated rings. The minimum Gasteiger partial charge on any atom is -0.504 e. The van der Waals surface area contributed by atoms with E-state index in [1.807, 2.05) is 24.3 Å². The predicted molar refractivity (Wildman–Crippen MR) is 126 cm³/mol. The van der Waals surface area contributed by atoms with E-state index in [4.69, 9.17) is 28.4 Å². The van der Waals surface area contributed by atoms with E-state index in [0.29, 0.717) is 30.3 Å². The highest BCUT2D eigenvalue weighted by Crippen LogP contribution is 2.44. The number of hydrogen-bond donors (Lipinski definition) is 5. The third-order valence-electron chi connectivity index (χ3n) is 7.25. The summed E-state index contributed by atoms with van der Waals surface area (Å²) in [6.45, 7) is 0.133. The molecule has 0 amide bonds. The molecule has 3 heterocycles. The number of aliphatic hydroxyl groups is 4. The van der Waals surface area contributed by atoms with Crippen LogP contribution in [0.15, 0.2) is 36.4 Å². The number of phenols is 1. The van der Waals surface area contributed by atoms with Gasteiger partial charge in [-0.25, -0.2) is 0 Å². The van der Waals surface area contributed by atoms with Gasteiger partial charge in [-0.3, -0.25) is 0 Å². The van der Waals surface area contributed by atoms with E-state index in [1.165, 1.54) is 7.11 Å². The van der Waals surface area contributed by atoms with Gasteiger partial charge in [-0.1, -0.05) is 12.1 Å². The Morgan fingerprint density at radius 1 is 0.973 bits per heavy atom. The Balaban J connectivity index is 1.37. The van der Waals surface area contributed by atoms with Crippen LogP contribution in [0.25, 0.3) is 0 Å². The molecule has 5 rings (SSSR count). The van der Waals surface area contributed by atoms with Crippen LogP contribution in [0.2, 0.25) is 0 Å². The number of phenolic OH excluding ortho intramolecular Hbond substituents is 1. The van der Waals surface area contributed by atoms with E-state index in [0.717, 1.165) is 11.1 Å². The lowest BCUT2D eigenvalue weighted by Crippen LogP contribution is -2.59. The van der Waals surface area contributed by atoms with Crippen LogP contribution in [-0.4, -0.2) is 90.0 Å². The third kappa shape index (κ3) is 5.21. The Morgan fingerprint density at radius 2 is 1.78 bits per heavy atom. The molecule has 0 spiro atoms. The Kier molecular flexibility index (Phi) is 7.72. The minimum absolute atomic E-state index is 0.0189. The lowest BCUT2D eigenvalue weighted by atomic mass is 9.84. The first-order valence-electron chi connectivity index (χ1n) is 12.2. The van der Waals surface area contributed by atoms with Crippen molar-refractivity contribution in [3.63, 3.8) is 0 Å². The highest BCUT2D eigenvalue weighted by Gasteiger charge is 2.46. The second-order valence-corrected chi connectivity index (χ2v) is 9.53. The molecule has 5 N–H and O–H groups in total. The van der Waals surface area contributed by atoms with Gasteiger partial charge in [0.1, 0.15) is 24.4 Å². The van der Waals surface area contributed by atoms with Crippen LogP contribution in [0, 0.1) is 11.8 Å². The number of rotatable bonds is 8. The minimum atomic E-state index is -1.53. The summed E-state index contributed by atoms with van der Waals surface area (Å²) >= 11 is 0. The number of benzene rings is 2. The van der Waals surface area contributed by atoms with Crippen molar-refractivity contribution in [2.45, 2.75) is 43.2 Å². The molecule has 0 radical (unpaired) electrons. The summed E-state index contributed by atoms with van der Waals surface area (Å²) in [5.41, 5.74) is 1.81. The van der Waals surface area contributed by atoms with Gasteiger partial charge in [0.25, 0.3) is 0 Å². The Morgan fingerprint density at radius 3 is 2.57 bits per heavy atom. The van der Waals surface area contributed by atoms with Crippen molar-refractivity contribution in [1.29, 1.82) is 0 Å². The fourth-order valence-corrected chi connectivity index (χ4v) is 5.15. The van der Waals surface area contributed by atoms with E-state index in [-0.39, 0.29) is 37.1 Å². The summed E-state index contributed by atoms with van der Waals surface area (Å²) < 4.78 is 33.9. The van der Waals surface area contributed by atoms with Gasteiger partial charge in [0.15, 0.2) is 29.3 Å². The second kappa shape index (κ2) is 11.0. The zero-order valence-electron chi connectivity index (χ0n) is 20.3. The normalized spacial score (nSPS) is 33.0. The summed E-state index contributed by atoms with van der Waals surface area (Å²) in [5.74, 6) is 1.49. The summed E-state index contributed by atoms with van der Waals surface area (Å²) in [7, 11) is 1.49. The van der Waals surface area contributed by atoms with Gasteiger partial charge in [0.05, 0.1) is 33.0 Å². The SMILES string of the molecule is COc1cc(C[C@@H]2CO[C@H](c3ccc4c(c3)OCO4)[C@H]2CO[C@@H]2O[C@H](CO)[C@@H](O)[C@H](O)[C@H]2O)ccc1O. The van der Waals surface area contributed by atoms with Crippen LogP contribution in [-0.2, 0) is 20.6 Å². The number of methoxy groups -OCH3 is 1. The van der Waals surface area contributed by atoms with E-state index < -0.39 is 37.3 Å². The summed E-state index contributed by atoms with van der Waals surface area (Å²) in [5, 5.41) is 50.1. The molecule has 0 unspecified atom stereocenters. The topological polar surface area (TPSA) is 157 Å². The first kappa shape index (κ1) is 26.0. The molecule has 0 aromatic heterocycles. The molecular formula is C26H32O11. The maximum atomic E-state index is 10.4. The van der Waals surface area contributed by atoms with Crippen LogP contribution < -0.4 is 14.2 Å². The number of fused-ring (bicyclic) bond motifs is 1. The van der Waals surface area contributed by atoms with E-state index in [2.05, 4.69) is 0 Å². The van der Waals surface area contributed by atoms with Crippen molar-refractivity contribution in [2.24, 2.45) is 11.8 Å². The van der Waals surface area contributed by atoms with Crippen molar-refractivity contribution < 1.29 is 54.0 Å². The van der Waals surface area contributed by atoms with Gasteiger partial charge in [-0.15, -0.1) is 0 Å². The molecule has 3 aliphatic heterocycles. The molecule has 0 bridgehead atoms. The molecule has 11 heteroatoms. The maximum Gasteiger partial charge on any atom is 0.231 e. The first-order valence-corrected chi connectivity index (χ1v) is 12.2. The van der Waals surface area contributed by atoms with Crippen molar-refractivity contribution in [3.05, 3.63) is 47.5 Å². The maximum absolute atomic E-state index is 10.4. The fraction of sp³-hybridized carbons (Fsp3) is 0.538. The zero-order valence-corrected chi connectivity index (χ0v) is 20.3. The van der Waals surface area contributed by atoms with E-state index >= 15 is 0 Å². The van der Waals surface area contributed by atoms with Gasteiger partial charge in [0, 0.05) is 5.92 Å². The van der Waals surface area contributed by atoms with E-state index in [1.54, 1.807) is 12.1 Å². The Labute approximate surface area is 213 Å². The monoisotopic (exact) mass is 520 g/mol. The Bertz CT molecular complexity index is 1080. The fourth-order valence-electron chi connectivity index (χ4n) is 5.15. The molecule has 0 aliphatic carbocycles. The van der Waals surface area contributed by atoms with Crippen LogP contribution >= 0.6 is 0 Å². The average molecular weight is 521 g/mol. The van der Waals surface area contributed by atoms with Crippen LogP contribution in [0.3, 0.4) is 0 Å². The van der Waals surface area contributed by atoms with Crippen molar-refractivity contribution in [3.8, 4) is 23.0 Å². The molecule has 37 heavy (non-hydrogen) atoms. The number of ether oxygens (including phenoxy) is 6. The average Bonchev–Trinajstić information content (AvgIpc) is 3.54. The van der Waals surface area contributed by atoms with E-state index in [9.17, 15) is 25.5 Å². The van der Waals surface area contributed by atoms with Crippen LogP contribution in [0.5, 0.6) is 23.0 Å². The molecule has 2 aromatic rings. The first-order chi connectivity index (χ1) is 17.9. The van der Waals surface area contributed by atoms with Crippen LogP contribution in [0.4, 0.5) is 0 Å². The molecular weight excluding hydrogens is 488 g/mol. The lowest BCUT2D eigenvalue weighted by molar-refractivity contribution is -0.304. The smallest absolute Gasteiger partial charge is 0.231 e. The van der Waals surface area contributed by atoms with Gasteiger partial charge in [0.2, 0.25) is 6.79 Å². The molecule has 11 nitrogen and oxygen atoms in total. The van der Waals surface area contributed by atoms with Crippen LogP contribution in [0.1, 0.15) is 17.2 Å². The lowest BCUT2D eigenvalue weighted by Gasteiger charge is -2.40. The van der Waals surface area contributed by atoms with Crippen molar-refractivity contribution >= 4 is 0 Å². The predicted octanol–water partition coefficient (Wildman–Crippen LogP) is 0.492. The number of aliphatic hydroxyl groups excluding tert-OH is 4. The quantitative estimate of drug-likeness (QED) is 0.330. The molecule has 0 saturated carbocycles. The zero-order chi connectivity index (χ0) is 26.1. The highest BCUT2D eigenvalue weighted by atomic mass is 16.7. The third-order valence-corrected chi connectivity index (χ3v) is 7.25. The molecule has 2 saturated heterocycles. The second-order valence-electron chi connectivity index (χ2n) is 9.53.